The van der Waals surface area contributed by atoms with Crippen molar-refractivity contribution in [2.75, 3.05) is 15.8 Å². The van der Waals surface area contributed by atoms with E-state index in [1.165, 1.54) is 0 Å². The molecular weight excluding hydrogens is 454 g/mol. The first-order valence-electron chi connectivity index (χ1n) is 11.4. The third-order valence-corrected chi connectivity index (χ3v) is 6.52. The van der Waals surface area contributed by atoms with E-state index in [2.05, 4.69) is 24.8 Å². The van der Waals surface area contributed by atoms with Gasteiger partial charge in [-0.2, -0.15) is 0 Å². The molecule has 1 amide bonds. The van der Waals surface area contributed by atoms with Crippen LogP contribution in [0.3, 0.4) is 0 Å². The standard InChI is InChI=1S/C24H29N5O4S/c1-17(2)33-21-12-10-19(11-13-21)28-34(31,32)16-23(30)25-20-8-6-7-18(15-20)24-27-26-22-9-4-3-5-14-29(22)24/h6-8,10-13,15,17,28H,3-5,9,14,16H2,1-2H3,(H,25,30). The summed E-state index contributed by atoms with van der Waals surface area (Å²) in [7, 11) is -3.89. The van der Waals surface area contributed by atoms with Gasteiger partial charge in [-0.05, 0) is 63.1 Å². The molecule has 0 spiro atoms. The maximum Gasteiger partial charge on any atom is 0.241 e. The fourth-order valence-electron chi connectivity index (χ4n) is 3.89. The molecule has 2 aromatic carbocycles. The molecule has 10 heteroatoms. The molecule has 0 bridgehead atoms. The molecule has 0 radical (unpaired) electrons. The third kappa shape index (κ3) is 6.13. The van der Waals surface area contributed by atoms with E-state index in [4.69, 9.17) is 4.74 Å². The summed E-state index contributed by atoms with van der Waals surface area (Å²) < 4.78 is 35.1. The van der Waals surface area contributed by atoms with E-state index in [-0.39, 0.29) is 6.10 Å². The monoisotopic (exact) mass is 483 g/mol. The molecule has 180 valence electrons. The number of carbonyl (C=O) groups excluding carboxylic acids is 1. The summed E-state index contributed by atoms with van der Waals surface area (Å²) in [6, 6.07) is 13.8. The highest BCUT2D eigenvalue weighted by atomic mass is 32.2. The summed E-state index contributed by atoms with van der Waals surface area (Å²) in [5, 5.41) is 11.3. The number of nitrogens with zero attached hydrogens (tertiary/aromatic N) is 3. The van der Waals surface area contributed by atoms with Crippen LogP contribution in [0.15, 0.2) is 48.5 Å². The Bertz CT molecular complexity index is 1250. The molecule has 0 saturated heterocycles. The van der Waals surface area contributed by atoms with Gasteiger partial charge in [0, 0.05) is 29.9 Å². The number of hydrogen-bond acceptors (Lipinski definition) is 6. The maximum absolute atomic E-state index is 12.5. The van der Waals surface area contributed by atoms with Gasteiger partial charge in [0.15, 0.2) is 5.82 Å². The van der Waals surface area contributed by atoms with Crippen molar-refractivity contribution in [3.05, 3.63) is 54.4 Å². The van der Waals surface area contributed by atoms with Crippen LogP contribution in [0.5, 0.6) is 5.75 Å². The Morgan fingerprint density at radius 1 is 1.06 bits per heavy atom. The lowest BCUT2D eigenvalue weighted by molar-refractivity contribution is -0.113. The Hall–Kier alpha value is -3.40. The molecule has 34 heavy (non-hydrogen) atoms. The number of aromatic nitrogens is 3. The molecular formula is C24H29N5O4S. The third-order valence-electron chi connectivity index (χ3n) is 5.33. The number of anilines is 2. The average Bonchev–Trinajstić information content (AvgIpc) is 3.02. The Labute approximate surface area is 199 Å². The van der Waals surface area contributed by atoms with Crippen LogP contribution in [-0.2, 0) is 27.8 Å². The molecule has 0 fully saturated rings. The lowest BCUT2D eigenvalue weighted by atomic mass is 10.2. The van der Waals surface area contributed by atoms with Crippen LogP contribution >= 0.6 is 0 Å². The van der Waals surface area contributed by atoms with E-state index in [0.29, 0.717) is 17.1 Å². The fraction of sp³-hybridized carbons (Fsp3) is 0.375. The molecule has 0 unspecified atom stereocenters. The molecule has 9 nitrogen and oxygen atoms in total. The number of amides is 1. The minimum absolute atomic E-state index is 0.0180. The summed E-state index contributed by atoms with van der Waals surface area (Å²) >= 11 is 0. The number of sulfonamides is 1. The van der Waals surface area contributed by atoms with E-state index >= 15 is 0 Å². The zero-order valence-corrected chi connectivity index (χ0v) is 20.1. The van der Waals surface area contributed by atoms with Crippen molar-refractivity contribution in [3.8, 4) is 17.1 Å². The van der Waals surface area contributed by atoms with Crippen LogP contribution in [-0.4, -0.2) is 40.9 Å². The number of fused-ring (bicyclic) bond motifs is 1. The first-order valence-corrected chi connectivity index (χ1v) is 13.0. The highest BCUT2D eigenvalue weighted by Crippen LogP contribution is 2.25. The Morgan fingerprint density at radius 3 is 2.62 bits per heavy atom. The van der Waals surface area contributed by atoms with Gasteiger partial charge in [-0.3, -0.25) is 9.52 Å². The largest absolute Gasteiger partial charge is 0.491 e. The van der Waals surface area contributed by atoms with E-state index in [1.54, 1.807) is 42.5 Å². The van der Waals surface area contributed by atoms with Gasteiger partial charge in [-0.15, -0.1) is 10.2 Å². The highest BCUT2D eigenvalue weighted by molar-refractivity contribution is 7.93. The van der Waals surface area contributed by atoms with E-state index in [9.17, 15) is 13.2 Å². The van der Waals surface area contributed by atoms with Gasteiger partial charge in [0.1, 0.15) is 17.3 Å². The second kappa shape index (κ2) is 10.3. The van der Waals surface area contributed by atoms with Crippen molar-refractivity contribution < 1.29 is 17.9 Å². The van der Waals surface area contributed by atoms with Gasteiger partial charge in [-0.25, -0.2) is 8.42 Å². The van der Waals surface area contributed by atoms with Crippen LogP contribution in [0, 0.1) is 0 Å². The smallest absolute Gasteiger partial charge is 0.241 e. The molecule has 1 aliphatic heterocycles. The van der Waals surface area contributed by atoms with Crippen LogP contribution in [0.4, 0.5) is 11.4 Å². The van der Waals surface area contributed by atoms with Crippen LogP contribution in [0.1, 0.15) is 38.9 Å². The van der Waals surface area contributed by atoms with Crippen molar-refractivity contribution in [2.24, 2.45) is 0 Å². The SMILES string of the molecule is CC(C)Oc1ccc(NS(=O)(=O)CC(=O)Nc2cccc(-c3nnc4n3CCCCC4)c2)cc1. The minimum Gasteiger partial charge on any atom is -0.491 e. The summed E-state index contributed by atoms with van der Waals surface area (Å²) in [4.78, 5) is 12.5. The maximum atomic E-state index is 12.5. The minimum atomic E-state index is -3.89. The quantitative estimate of drug-likeness (QED) is 0.503. The normalized spacial score (nSPS) is 13.7. The number of carbonyl (C=O) groups is 1. The zero-order chi connectivity index (χ0) is 24.1. The van der Waals surface area contributed by atoms with Crippen molar-refractivity contribution in [1.29, 1.82) is 0 Å². The molecule has 3 aromatic rings. The second-order valence-electron chi connectivity index (χ2n) is 8.58. The summed E-state index contributed by atoms with van der Waals surface area (Å²) in [6.07, 6.45) is 4.27. The number of rotatable bonds is 8. The lowest BCUT2D eigenvalue weighted by Gasteiger charge is -2.12. The van der Waals surface area contributed by atoms with E-state index in [1.807, 2.05) is 19.9 Å². The van der Waals surface area contributed by atoms with Gasteiger partial charge >= 0.3 is 0 Å². The predicted molar refractivity (Wildman–Crippen MR) is 131 cm³/mol. The van der Waals surface area contributed by atoms with Crippen LogP contribution < -0.4 is 14.8 Å². The summed E-state index contributed by atoms with van der Waals surface area (Å²) in [5.74, 6) is 1.03. The Morgan fingerprint density at radius 2 is 1.85 bits per heavy atom. The molecule has 1 aliphatic rings. The molecule has 2 heterocycles. The van der Waals surface area contributed by atoms with Crippen LogP contribution in [0.2, 0.25) is 0 Å². The molecule has 0 atom stereocenters. The van der Waals surface area contributed by atoms with E-state index < -0.39 is 21.7 Å². The van der Waals surface area contributed by atoms with Crippen molar-refractivity contribution in [1.82, 2.24) is 14.8 Å². The number of nitrogens with one attached hydrogen (secondary N) is 2. The number of benzene rings is 2. The predicted octanol–water partition coefficient (Wildman–Crippen LogP) is 3.84. The first-order chi connectivity index (χ1) is 16.3. The van der Waals surface area contributed by atoms with Gasteiger partial charge < -0.3 is 14.6 Å². The van der Waals surface area contributed by atoms with E-state index in [0.717, 1.165) is 49.4 Å². The number of ether oxygens (including phenoxy) is 1. The molecule has 0 aliphatic carbocycles. The average molecular weight is 484 g/mol. The molecule has 1 aromatic heterocycles. The van der Waals surface area contributed by atoms with Gasteiger partial charge in [0.2, 0.25) is 15.9 Å². The lowest BCUT2D eigenvalue weighted by Crippen LogP contribution is -2.27. The number of hydrogen-bond donors (Lipinski definition) is 2. The second-order valence-corrected chi connectivity index (χ2v) is 10.3. The molecule has 2 N–H and O–H groups in total. The van der Waals surface area contributed by atoms with Crippen molar-refractivity contribution in [3.63, 3.8) is 0 Å². The van der Waals surface area contributed by atoms with Gasteiger partial charge in [0.05, 0.1) is 6.10 Å². The zero-order valence-electron chi connectivity index (χ0n) is 19.3. The van der Waals surface area contributed by atoms with Crippen molar-refractivity contribution >= 4 is 27.3 Å². The van der Waals surface area contributed by atoms with Crippen LogP contribution in [0.25, 0.3) is 11.4 Å². The molecule has 4 rings (SSSR count). The topological polar surface area (TPSA) is 115 Å². The highest BCUT2D eigenvalue weighted by Gasteiger charge is 2.19. The first kappa shape index (κ1) is 23.7. The van der Waals surface area contributed by atoms with Gasteiger partial charge in [0.25, 0.3) is 0 Å². The fourth-order valence-corrected chi connectivity index (χ4v) is 4.88. The Balaban J connectivity index is 1.40. The van der Waals surface area contributed by atoms with Crippen molar-refractivity contribution in [2.45, 2.75) is 52.2 Å². The van der Waals surface area contributed by atoms with Gasteiger partial charge in [-0.1, -0.05) is 18.6 Å². The number of aryl methyl sites for hydroxylation is 1. The molecule has 0 saturated carbocycles. The summed E-state index contributed by atoms with van der Waals surface area (Å²) in [6.45, 7) is 4.68. The Kier molecular flexibility index (Phi) is 7.16. The summed E-state index contributed by atoms with van der Waals surface area (Å²) in [5.41, 5.74) is 1.68.